The van der Waals surface area contributed by atoms with Crippen molar-refractivity contribution in [2.45, 2.75) is 75.0 Å². The van der Waals surface area contributed by atoms with Gasteiger partial charge in [-0.1, -0.05) is 18.2 Å². The van der Waals surface area contributed by atoms with E-state index in [4.69, 9.17) is 18.9 Å². The van der Waals surface area contributed by atoms with E-state index in [0.29, 0.717) is 37.7 Å². The predicted molar refractivity (Wildman–Crippen MR) is 134 cm³/mol. The fourth-order valence-corrected chi connectivity index (χ4v) is 4.40. The van der Waals surface area contributed by atoms with Gasteiger partial charge in [-0.3, -0.25) is 4.79 Å². The molecule has 1 aliphatic rings. The van der Waals surface area contributed by atoms with Crippen molar-refractivity contribution < 1.29 is 54.4 Å². The number of carbonyl (C=O) groups is 1. The minimum atomic E-state index is -1.60. The number of benzene rings is 2. The van der Waals surface area contributed by atoms with Crippen LogP contribution in [0.15, 0.2) is 42.5 Å². The third-order valence-corrected chi connectivity index (χ3v) is 6.66. The number of aliphatic hydroxyl groups is 4. The number of rotatable bonds is 14. The second kappa shape index (κ2) is 14.3. The fraction of sp³-hybridized carbons (Fsp3) is 0.519. The molecule has 2 unspecified atom stereocenters. The molecule has 0 amide bonds. The molecule has 0 aromatic heterocycles. The molecule has 0 aliphatic carbocycles. The number of aliphatic hydroxyl groups excluding tert-OH is 4. The van der Waals surface area contributed by atoms with Crippen molar-refractivity contribution in [1.29, 1.82) is 0 Å². The van der Waals surface area contributed by atoms with Crippen LogP contribution in [-0.2, 0) is 31.8 Å². The van der Waals surface area contributed by atoms with Crippen molar-refractivity contribution in [3.05, 3.63) is 53.6 Å². The van der Waals surface area contributed by atoms with Crippen molar-refractivity contribution in [1.82, 2.24) is 0 Å². The molecule has 0 radical (unpaired) electrons. The lowest BCUT2D eigenvalue weighted by Crippen LogP contribution is -2.59. The van der Waals surface area contributed by atoms with E-state index in [9.17, 15) is 35.4 Å². The number of phenolic OH excluding ortho intramolecular Hbond substituents is 2. The van der Waals surface area contributed by atoms with Gasteiger partial charge in [0.25, 0.3) is 6.47 Å². The van der Waals surface area contributed by atoms with Gasteiger partial charge in [0.2, 0.25) is 0 Å². The van der Waals surface area contributed by atoms with E-state index in [2.05, 4.69) is 0 Å². The van der Waals surface area contributed by atoms with Gasteiger partial charge in [-0.05, 0) is 61.1 Å². The Morgan fingerprint density at radius 3 is 2.18 bits per heavy atom. The van der Waals surface area contributed by atoms with Crippen LogP contribution < -0.4 is 4.74 Å². The molecule has 1 heterocycles. The zero-order chi connectivity index (χ0) is 27.7. The molecule has 210 valence electrons. The Bertz CT molecular complexity index is 997. The summed E-state index contributed by atoms with van der Waals surface area (Å²) < 4.78 is 22.0. The van der Waals surface area contributed by atoms with Gasteiger partial charge < -0.3 is 49.6 Å². The highest BCUT2D eigenvalue weighted by Crippen LogP contribution is 2.29. The Morgan fingerprint density at radius 1 is 0.895 bits per heavy atom. The third kappa shape index (κ3) is 8.03. The Hall–Kier alpha value is -2.93. The second-order valence-corrected chi connectivity index (χ2v) is 9.29. The quantitative estimate of drug-likeness (QED) is 0.149. The molecule has 38 heavy (non-hydrogen) atoms. The highest BCUT2D eigenvalue weighted by molar-refractivity contribution is 5.40. The van der Waals surface area contributed by atoms with E-state index in [1.165, 1.54) is 12.1 Å². The van der Waals surface area contributed by atoms with Crippen LogP contribution in [0.5, 0.6) is 17.2 Å². The molecular formula is C27H36O11. The number of aryl methyl sites for hydroxylation is 2. The van der Waals surface area contributed by atoms with Crippen LogP contribution in [0.2, 0.25) is 0 Å². The molecule has 1 aliphatic heterocycles. The van der Waals surface area contributed by atoms with Gasteiger partial charge in [-0.2, -0.15) is 0 Å². The van der Waals surface area contributed by atoms with Crippen molar-refractivity contribution in [3.63, 3.8) is 0 Å². The zero-order valence-electron chi connectivity index (χ0n) is 21.1. The molecule has 1 fully saturated rings. The van der Waals surface area contributed by atoms with Crippen LogP contribution in [0.25, 0.3) is 0 Å². The monoisotopic (exact) mass is 536 g/mol. The topological polar surface area (TPSA) is 175 Å². The Balaban J connectivity index is 1.73. The minimum absolute atomic E-state index is 0.216. The van der Waals surface area contributed by atoms with E-state index in [0.717, 1.165) is 11.3 Å². The molecule has 0 spiro atoms. The standard InChI is InChI=1S/C27H36O11/c1-35-18-7-2-16(3-8-18)4-9-19(36-15-29)13-20(10-5-17-6-11-21(30)22(31)12-17)37-27-26(34)25(33)24(32)23(14-28)38-27/h2-3,6-8,11-12,15,19-20,23-28,30-34H,4-5,9-10,13-14H2,1H3/t19?,20?,23-,24-,25+,26-,27-/m1/s1. The van der Waals surface area contributed by atoms with E-state index < -0.39 is 49.5 Å². The fourth-order valence-electron chi connectivity index (χ4n) is 4.40. The van der Waals surface area contributed by atoms with Crippen molar-refractivity contribution >= 4 is 6.47 Å². The summed E-state index contributed by atoms with van der Waals surface area (Å²) in [5.41, 5.74) is 1.71. The van der Waals surface area contributed by atoms with Gasteiger partial charge in [0.05, 0.1) is 19.8 Å². The average Bonchev–Trinajstić information content (AvgIpc) is 2.92. The molecule has 6 N–H and O–H groups in total. The molecule has 0 bridgehead atoms. The molecule has 11 nitrogen and oxygen atoms in total. The van der Waals surface area contributed by atoms with Crippen LogP contribution in [0.3, 0.4) is 0 Å². The summed E-state index contributed by atoms with van der Waals surface area (Å²) in [4.78, 5) is 11.3. The number of hydrogen-bond acceptors (Lipinski definition) is 11. The lowest BCUT2D eigenvalue weighted by molar-refractivity contribution is -0.313. The number of ether oxygens (including phenoxy) is 4. The normalized spacial score (nSPS) is 24.9. The summed E-state index contributed by atoms with van der Waals surface area (Å²) in [7, 11) is 1.58. The molecule has 3 rings (SSSR count). The third-order valence-electron chi connectivity index (χ3n) is 6.66. The van der Waals surface area contributed by atoms with Crippen molar-refractivity contribution in [3.8, 4) is 17.2 Å². The van der Waals surface area contributed by atoms with Gasteiger partial charge in [0, 0.05) is 6.42 Å². The predicted octanol–water partition coefficient (Wildman–Crippen LogP) is 0.789. The van der Waals surface area contributed by atoms with E-state index >= 15 is 0 Å². The highest BCUT2D eigenvalue weighted by Gasteiger charge is 2.45. The molecule has 2 aromatic rings. The first-order valence-corrected chi connectivity index (χ1v) is 12.4. The Labute approximate surface area is 220 Å². The SMILES string of the molecule is COc1ccc(CCC(CC(CCc2ccc(O)c(O)c2)O[C@@H]2O[C@H](CO)[C@@H](O)[C@H](O)[C@H]2O)OC=O)cc1. The van der Waals surface area contributed by atoms with Gasteiger partial charge in [0.1, 0.15) is 36.3 Å². The van der Waals surface area contributed by atoms with Crippen LogP contribution in [0.4, 0.5) is 0 Å². The van der Waals surface area contributed by atoms with E-state index in [1.54, 1.807) is 13.2 Å². The summed E-state index contributed by atoms with van der Waals surface area (Å²) in [6.07, 6.45) is -6.41. The minimum Gasteiger partial charge on any atom is -0.504 e. The van der Waals surface area contributed by atoms with Gasteiger partial charge >= 0.3 is 0 Å². The number of carbonyl (C=O) groups excluding carboxylic acids is 1. The molecular weight excluding hydrogens is 500 g/mol. The maximum atomic E-state index is 11.3. The van der Waals surface area contributed by atoms with Gasteiger partial charge in [-0.25, -0.2) is 0 Å². The van der Waals surface area contributed by atoms with E-state index in [1.807, 2.05) is 24.3 Å². The molecule has 7 atom stereocenters. The largest absolute Gasteiger partial charge is 0.504 e. The highest BCUT2D eigenvalue weighted by atomic mass is 16.7. The van der Waals surface area contributed by atoms with Gasteiger partial charge in [0.15, 0.2) is 17.8 Å². The first-order chi connectivity index (χ1) is 18.2. The number of hydrogen-bond donors (Lipinski definition) is 6. The van der Waals surface area contributed by atoms with Crippen molar-refractivity contribution in [2.24, 2.45) is 0 Å². The van der Waals surface area contributed by atoms with Crippen molar-refractivity contribution in [2.75, 3.05) is 13.7 Å². The van der Waals surface area contributed by atoms with Crippen LogP contribution >= 0.6 is 0 Å². The molecule has 2 aromatic carbocycles. The molecule has 11 heteroatoms. The summed E-state index contributed by atoms with van der Waals surface area (Å²) in [6.45, 7) is -0.234. The average molecular weight is 537 g/mol. The van der Waals surface area contributed by atoms with Crippen LogP contribution in [0.1, 0.15) is 30.4 Å². The zero-order valence-corrected chi connectivity index (χ0v) is 21.1. The summed E-state index contributed by atoms with van der Waals surface area (Å²) in [5.74, 6) is 0.208. The Morgan fingerprint density at radius 2 is 1.55 bits per heavy atom. The van der Waals surface area contributed by atoms with E-state index in [-0.39, 0.29) is 17.9 Å². The molecule has 1 saturated heterocycles. The lowest BCUT2D eigenvalue weighted by atomic mass is 9.97. The van der Waals surface area contributed by atoms with Crippen LogP contribution in [-0.4, -0.2) is 93.7 Å². The Kier molecular flexibility index (Phi) is 11.1. The lowest BCUT2D eigenvalue weighted by Gasteiger charge is -2.41. The summed E-state index contributed by atoms with van der Waals surface area (Å²) >= 11 is 0. The van der Waals surface area contributed by atoms with Gasteiger partial charge in [-0.15, -0.1) is 0 Å². The second-order valence-electron chi connectivity index (χ2n) is 9.29. The summed E-state index contributed by atoms with van der Waals surface area (Å²) in [6, 6.07) is 11.9. The smallest absolute Gasteiger partial charge is 0.293 e. The maximum Gasteiger partial charge on any atom is 0.293 e. The molecule has 0 saturated carbocycles. The number of methoxy groups -OCH3 is 1. The first-order valence-electron chi connectivity index (χ1n) is 12.4. The number of phenols is 2. The number of aromatic hydroxyl groups is 2. The van der Waals surface area contributed by atoms with Crippen LogP contribution in [0, 0.1) is 0 Å². The maximum absolute atomic E-state index is 11.3. The summed E-state index contributed by atoms with van der Waals surface area (Å²) in [5, 5.41) is 59.6. The first kappa shape index (κ1) is 29.6.